The number of amides is 1. The number of nitrogens with zero attached hydrogens (tertiary/aromatic N) is 1. The highest BCUT2D eigenvalue weighted by atomic mass is 16.5. The van der Waals surface area contributed by atoms with Gasteiger partial charge in [-0.3, -0.25) is 4.79 Å². The third-order valence-electron chi connectivity index (χ3n) is 5.87. The number of β-amino-alcohol motifs (C(OH)–C–C–N with tert-alkyl or cyclic N) is 1. The summed E-state index contributed by atoms with van der Waals surface area (Å²) in [5.74, 6) is -2.64. The highest BCUT2D eigenvalue weighted by Gasteiger charge is 2.48. The minimum absolute atomic E-state index is 0.00649. The first-order valence-electron chi connectivity index (χ1n) is 9.58. The first kappa shape index (κ1) is 20.0. The van der Waals surface area contributed by atoms with Gasteiger partial charge in [0, 0.05) is 12.4 Å². The van der Waals surface area contributed by atoms with Crippen LogP contribution in [0.15, 0.2) is 12.1 Å². The molecule has 11 heteroatoms. The number of carbonyl (C=O) groups is 2. The van der Waals surface area contributed by atoms with E-state index in [2.05, 4.69) is 5.32 Å². The van der Waals surface area contributed by atoms with Crippen molar-refractivity contribution in [2.75, 3.05) is 19.6 Å². The Bertz CT molecular complexity index is 828. The van der Waals surface area contributed by atoms with E-state index in [0.29, 0.717) is 24.9 Å². The van der Waals surface area contributed by atoms with Gasteiger partial charge in [-0.05, 0) is 30.4 Å². The Hall–Kier alpha value is -2.34. The van der Waals surface area contributed by atoms with Gasteiger partial charge in [0.15, 0.2) is 0 Å². The number of hydrogen-bond donors (Lipinski definition) is 6. The minimum Gasteiger partial charge on any atom is -0.507 e. The summed E-state index contributed by atoms with van der Waals surface area (Å²) in [6.07, 6.45) is -0.116. The molecule has 3 fully saturated rings. The lowest BCUT2D eigenvalue weighted by atomic mass is 9.81. The molecule has 4 rings (SSSR count). The number of phenols is 1. The number of benzene rings is 1. The zero-order valence-corrected chi connectivity index (χ0v) is 15.6. The molecule has 1 aromatic rings. The van der Waals surface area contributed by atoms with Crippen molar-refractivity contribution in [1.29, 1.82) is 0 Å². The van der Waals surface area contributed by atoms with Gasteiger partial charge in [-0.15, -0.1) is 0 Å². The molecule has 1 aliphatic carbocycles. The maximum Gasteiger partial charge on any atom is 0.455 e. The predicted molar refractivity (Wildman–Crippen MR) is 99.8 cm³/mol. The molecule has 0 bridgehead atoms. The lowest BCUT2D eigenvalue weighted by Gasteiger charge is -2.40. The number of rotatable bonds is 6. The van der Waals surface area contributed by atoms with Crippen molar-refractivity contribution < 1.29 is 39.7 Å². The summed E-state index contributed by atoms with van der Waals surface area (Å²) >= 11 is 0. The maximum absolute atomic E-state index is 12.3. The number of hydrogen-bond acceptors (Lipinski definition) is 8. The lowest BCUT2D eigenvalue weighted by molar-refractivity contribution is -0.142. The van der Waals surface area contributed by atoms with E-state index >= 15 is 0 Å². The number of nitrogens with one attached hydrogen (secondary N) is 1. The Labute approximate surface area is 166 Å². The molecule has 29 heavy (non-hydrogen) atoms. The van der Waals surface area contributed by atoms with Gasteiger partial charge in [-0.25, -0.2) is 4.79 Å². The Morgan fingerprint density at radius 1 is 1.21 bits per heavy atom. The van der Waals surface area contributed by atoms with Gasteiger partial charge in [0.1, 0.15) is 23.2 Å². The van der Waals surface area contributed by atoms with Crippen LogP contribution < -0.4 is 10.1 Å². The Morgan fingerprint density at radius 2 is 1.93 bits per heavy atom. The van der Waals surface area contributed by atoms with Crippen LogP contribution in [0, 0.1) is 0 Å². The van der Waals surface area contributed by atoms with Gasteiger partial charge >= 0.3 is 13.1 Å². The van der Waals surface area contributed by atoms with E-state index in [9.17, 15) is 35.0 Å². The molecule has 0 spiro atoms. The number of aromatic carboxylic acids is 1. The van der Waals surface area contributed by atoms with Crippen LogP contribution >= 0.6 is 0 Å². The number of aliphatic hydroxyl groups is 1. The molecule has 2 heterocycles. The highest BCUT2D eigenvalue weighted by Crippen LogP contribution is 2.56. The van der Waals surface area contributed by atoms with Gasteiger partial charge in [0.25, 0.3) is 0 Å². The monoisotopic (exact) mass is 406 g/mol. The van der Waals surface area contributed by atoms with Gasteiger partial charge in [0.2, 0.25) is 5.91 Å². The molecule has 6 N–H and O–H groups in total. The molecule has 0 unspecified atom stereocenters. The summed E-state index contributed by atoms with van der Waals surface area (Å²) in [6.45, 7) is 0.957. The van der Waals surface area contributed by atoms with Crippen LogP contribution in [0.5, 0.6) is 11.5 Å². The van der Waals surface area contributed by atoms with Crippen LogP contribution in [0.2, 0.25) is 5.82 Å². The average Bonchev–Trinajstić information content (AvgIpc) is 3.30. The number of ether oxygens (including phenoxy) is 1. The molecule has 10 nitrogen and oxygen atoms in total. The third-order valence-corrected chi connectivity index (χ3v) is 5.87. The Kier molecular flexibility index (Phi) is 5.15. The summed E-state index contributed by atoms with van der Waals surface area (Å²) < 4.78 is 5.71. The highest BCUT2D eigenvalue weighted by molar-refractivity contribution is 6.44. The van der Waals surface area contributed by atoms with Crippen molar-refractivity contribution in [1.82, 2.24) is 10.2 Å². The number of aliphatic hydroxyl groups excluding tert-OH is 1. The van der Waals surface area contributed by atoms with E-state index < -0.39 is 42.9 Å². The van der Waals surface area contributed by atoms with Crippen LogP contribution in [0.1, 0.15) is 34.7 Å². The second kappa shape index (κ2) is 7.49. The van der Waals surface area contributed by atoms with Crippen molar-refractivity contribution in [2.24, 2.45) is 0 Å². The molecular formula is C18H23BN2O8. The fraction of sp³-hybridized carbons (Fsp3) is 0.556. The summed E-state index contributed by atoms with van der Waals surface area (Å²) in [5.41, 5.74) is -0.0185. The molecule has 0 radical (unpaired) electrons. The van der Waals surface area contributed by atoms with Gasteiger partial charge in [0.05, 0.1) is 25.2 Å². The maximum atomic E-state index is 12.3. The zero-order chi connectivity index (χ0) is 20.9. The fourth-order valence-electron chi connectivity index (χ4n) is 4.09. The van der Waals surface area contributed by atoms with Crippen LogP contribution in [-0.4, -0.2) is 87.1 Å². The summed E-state index contributed by atoms with van der Waals surface area (Å²) in [6, 6.07) is 2.57. The number of aromatic hydroxyl groups is 1. The molecular weight excluding hydrogens is 383 g/mol. The number of carbonyl (C=O) groups excluding carboxylic acids is 1. The number of carboxylic acid groups (broad SMARTS) is 1. The number of likely N-dealkylation sites (tertiary alicyclic amines) is 1. The standard InChI is InChI=1S/C18H23BN2O8/c22-8-3-13(20-5-8)17(24)21-6-9(7-21)29-14-2-1-10(11-4-12(11)19(27)28)16(23)15(14)18(25)26/h1-2,8-9,11-13,20,22-23,27-28H,3-7H2,(H,25,26)/t8-,11-,12-,13+/m0/s1. The lowest BCUT2D eigenvalue weighted by Crippen LogP contribution is -2.59. The molecule has 156 valence electrons. The van der Waals surface area contributed by atoms with Gasteiger partial charge < -0.3 is 40.3 Å². The SMILES string of the molecule is O=C(O)c1c(OC2CN(C(=O)[C@H]3C[C@H](O)CN3)C2)ccc([C@@H]2C[C@@H]2B(O)O)c1O. The van der Waals surface area contributed by atoms with E-state index in [1.807, 2.05) is 0 Å². The average molecular weight is 406 g/mol. The van der Waals surface area contributed by atoms with E-state index in [-0.39, 0.29) is 36.2 Å². The first-order chi connectivity index (χ1) is 13.8. The quantitative estimate of drug-likeness (QED) is 0.317. The predicted octanol–water partition coefficient (Wildman–Crippen LogP) is -1.27. The van der Waals surface area contributed by atoms with Crippen molar-refractivity contribution in [3.8, 4) is 11.5 Å². The van der Waals surface area contributed by atoms with Crippen LogP contribution in [0.3, 0.4) is 0 Å². The van der Waals surface area contributed by atoms with E-state index in [0.717, 1.165) is 0 Å². The van der Waals surface area contributed by atoms with E-state index in [1.165, 1.54) is 12.1 Å². The second-order valence-electron chi connectivity index (χ2n) is 7.93. The molecule has 2 aliphatic heterocycles. The van der Waals surface area contributed by atoms with E-state index in [4.69, 9.17) is 4.74 Å². The topological polar surface area (TPSA) is 160 Å². The molecule has 4 atom stereocenters. The summed E-state index contributed by atoms with van der Waals surface area (Å²) in [5, 5.41) is 51.0. The summed E-state index contributed by atoms with van der Waals surface area (Å²) in [4.78, 5) is 25.6. The van der Waals surface area contributed by atoms with Crippen LogP contribution in [0.4, 0.5) is 0 Å². The van der Waals surface area contributed by atoms with Crippen LogP contribution in [0.25, 0.3) is 0 Å². The van der Waals surface area contributed by atoms with Gasteiger partial charge in [-0.2, -0.15) is 0 Å². The van der Waals surface area contributed by atoms with Crippen molar-refractivity contribution in [3.63, 3.8) is 0 Å². The minimum atomic E-state index is -1.52. The first-order valence-corrected chi connectivity index (χ1v) is 9.58. The fourth-order valence-corrected chi connectivity index (χ4v) is 4.09. The Morgan fingerprint density at radius 3 is 2.48 bits per heavy atom. The molecule has 2 saturated heterocycles. The Balaban J connectivity index is 1.41. The third kappa shape index (κ3) is 3.78. The molecule has 0 aromatic heterocycles. The smallest absolute Gasteiger partial charge is 0.455 e. The molecule has 1 saturated carbocycles. The van der Waals surface area contributed by atoms with Crippen molar-refractivity contribution in [2.45, 2.75) is 42.8 Å². The zero-order valence-electron chi connectivity index (χ0n) is 15.6. The second-order valence-corrected chi connectivity index (χ2v) is 7.93. The van der Waals surface area contributed by atoms with Gasteiger partial charge in [-0.1, -0.05) is 6.07 Å². The van der Waals surface area contributed by atoms with Crippen LogP contribution in [-0.2, 0) is 4.79 Å². The summed E-state index contributed by atoms with van der Waals surface area (Å²) in [7, 11) is -1.52. The molecule has 1 amide bonds. The van der Waals surface area contributed by atoms with Crippen molar-refractivity contribution in [3.05, 3.63) is 23.3 Å². The van der Waals surface area contributed by atoms with E-state index in [1.54, 1.807) is 4.90 Å². The number of carboxylic acids is 1. The normalized spacial score (nSPS) is 28.7. The van der Waals surface area contributed by atoms with Crippen molar-refractivity contribution >= 4 is 19.0 Å². The largest absolute Gasteiger partial charge is 0.507 e. The molecule has 1 aromatic carbocycles. The molecule has 3 aliphatic rings.